The van der Waals surface area contributed by atoms with Gasteiger partial charge in [-0.2, -0.15) is 0 Å². The van der Waals surface area contributed by atoms with E-state index < -0.39 is 109 Å². The molecule has 2 aliphatic heterocycles. The number of esters is 7. The lowest BCUT2D eigenvalue weighted by molar-refractivity contribution is -0.311. The van der Waals surface area contributed by atoms with Crippen molar-refractivity contribution in [3.63, 3.8) is 0 Å². The van der Waals surface area contributed by atoms with Crippen LogP contribution in [0.15, 0.2) is 0 Å². The van der Waals surface area contributed by atoms with Gasteiger partial charge in [0.1, 0.15) is 6.10 Å². The van der Waals surface area contributed by atoms with E-state index in [9.17, 15) is 33.6 Å². The molecule has 0 aromatic carbocycles. The van der Waals surface area contributed by atoms with Crippen molar-refractivity contribution >= 4 is 57.7 Å². The van der Waals surface area contributed by atoms with Gasteiger partial charge in [0.15, 0.2) is 54.0 Å². The molecule has 0 amide bonds. The molecule has 10 atom stereocenters. The summed E-state index contributed by atoms with van der Waals surface area (Å²) in [5, 5.41) is -1.11. The zero-order valence-corrected chi connectivity index (χ0v) is 25.9. The van der Waals surface area contributed by atoms with E-state index in [4.69, 9.17) is 47.4 Å². The van der Waals surface area contributed by atoms with Crippen LogP contribution in [0.4, 0.5) is 0 Å². The summed E-state index contributed by atoms with van der Waals surface area (Å²) in [7, 11) is 1.02. The average molecular weight is 685 g/mol. The van der Waals surface area contributed by atoms with Crippen molar-refractivity contribution in [3.8, 4) is 0 Å². The van der Waals surface area contributed by atoms with Crippen LogP contribution in [-0.4, -0.2) is 116 Å². The highest BCUT2D eigenvalue weighted by Crippen LogP contribution is 2.34. The van der Waals surface area contributed by atoms with Crippen LogP contribution in [0.1, 0.15) is 41.5 Å². The third-order valence-corrected chi connectivity index (χ3v) is 6.48. The number of carbonyl (C=O) groups is 7. The quantitative estimate of drug-likeness (QED) is 0.163. The third-order valence-electron chi connectivity index (χ3n) is 5.74. The van der Waals surface area contributed by atoms with Crippen LogP contribution >= 0.6 is 15.9 Å². The molecule has 43 heavy (non-hydrogen) atoms. The lowest BCUT2D eigenvalue weighted by Gasteiger charge is -2.45. The predicted octanol–water partition coefficient (Wildman–Crippen LogP) is -0.389. The van der Waals surface area contributed by atoms with Crippen molar-refractivity contribution in [1.29, 1.82) is 0 Å². The molecule has 242 valence electrons. The zero-order chi connectivity index (χ0) is 32.6. The minimum Gasteiger partial charge on any atom is -0.467 e. The van der Waals surface area contributed by atoms with Crippen molar-refractivity contribution in [2.24, 2.45) is 0 Å². The lowest BCUT2D eigenvalue weighted by atomic mass is 9.97. The fraction of sp³-hybridized carbons (Fsp3) is 0.720. The van der Waals surface area contributed by atoms with Crippen molar-refractivity contribution in [3.05, 3.63) is 0 Å². The number of carbonyl (C=O) groups excluding carboxylic acids is 7. The molecule has 0 spiro atoms. The highest BCUT2D eigenvalue weighted by molar-refractivity contribution is 9.09. The first-order valence-electron chi connectivity index (χ1n) is 12.7. The molecule has 0 aliphatic carbocycles. The first kappa shape index (κ1) is 35.8. The van der Waals surface area contributed by atoms with Crippen molar-refractivity contribution < 1.29 is 80.9 Å². The maximum absolute atomic E-state index is 12.6. The minimum atomic E-state index is -1.72. The number of halogens is 1. The lowest BCUT2D eigenvalue weighted by Crippen LogP contribution is -2.65. The molecule has 0 aromatic heterocycles. The Kier molecular flexibility index (Phi) is 13.3. The van der Waals surface area contributed by atoms with Gasteiger partial charge in [-0.05, 0) is 0 Å². The van der Waals surface area contributed by atoms with Gasteiger partial charge in [0.2, 0.25) is 0 Å². The molecule has 0 N–H and O–H groups in total. The molecule has 2 fully saturated rings. The number of alkyl halides is 1. The summed E-state index contributed by atoms with van der Waals surface area (Å²) in [5.41, 5.74) is 0. The van der Waals surface area contributed by atoms with E-state index in [1.165, 1.54) is 0 Å². The summed E-state index contributed by atoms with van der Waals surface area (Å²) in [4.78, 5) is 84.2. The van der Waals surface area contributed by atoms with Gasteiger partial charge >= 0.3 is 41.8 Å². The van der Waals surface area contributed by atoms with Crippen LogP contribution < -0.4 is 0 Å². The molecule has 2 heterocycles. The largest absolute Gasteiger partial charge is 0.467 e. The maximum atomic E-state index is 12.6. The van der Waals surface area contributed by atoms with E-state index in [2.05, 4.69) is 15.9 Å². The van der Waals surface area contributed by atoms with Crippen LogP contribution in [0.2, 0.25) is 0 Å². The van der Waals surface area contributed by atoms with Crippen molar-refractivity contribution in [1.82, 2.24) is 0 Å². The molecule has 0 saturated carbocycles. The van der Waals surface area contributed by atoms with E-state index >= 15 is 0 Å². The highest BCUT2D eigenvalue weighted by atomic mass is 79.9. The van der Waals surface area contributed by atoms with Crippen molar-refractivity contribution in [2.45, 2.75) is 102 Å². The van der Waals surface area contributed by atoms with Gasteiger partial charge in [-0.1, -0.05) is 15.9 Å². The molecule has 0 bridgehead atoms. The van der Waals surface area contributed by atoms with Gasteiger partial charge < -0.3 is 47.4 Å². The summed E-state index contributed by atoms with van der Waals surface area (Å²) in [6.07, 6.45) is -13.6. The number of hydrogen-bond acceptors (Lipinski definition) is 17. The molecule has 0 radical (unpaired) electrons. The first-order valence-corrected chi connectivity index (χ1v) is 13.6. The van der Waals surface area contributed by atoms with E-state index in [1.807, 2.05) is 0 Å². The predicted molar refractivity (Wildman–Crippen MR) is 138 cm³/mol. The Morgan fingerprint density at radius 1 is 0.558 bits per heavy atom. The molecule has 2 aliphatic rings. The number of ether oxygens (including phenoxy) is 10. The molecule has 18 heteroatoms. The van der Waals surface area contributed by atoms with Gasteiger partial charge in [-0.25, -0.2) is 4.79 Å². The standard InChI is InChI=1S/C25H33BrO17/c1-9(27)36-16-15(42-23(26)20(40-13(5)31)17(16)37-10(2)28)8-35-25-22(41-14(6)32)19(39-12(4)30)18(38-11(3)29)21(43-25)24(33)34-7/h15-23,25H,8H2,1-7H3/t15-,16+,17+,18+,19+,20-,21+,22-,23+,25-/m1/s1. The van der Waals surface area contributed by atoms with Crippen LogP contribution in [0, 0.1) is 0 Å². The second kappa shape index (κ2) is 15.9. The van der Waals surface area contributed by atoms with Crippen LogP contribution in [0.5, 0.6) is 0 Å². The van der Waals surface area contributed by atoms with Crippen molar-refractivity contribution in [2.75, 3.05) is 13.7 Å². The SMILES string of the molecule is COC(=O)[C@H]1O[C@@H](OC[C@H]2O[C@H](Br)[C@H](OC(C)=O)[C@@H](OC(C)=O)[C@H]2OC(C)=O)[C@H](OC(C)=O)[C@@H](OC(C)=O)[C@@H]1OC(C)=O. The Bertz CT molecular complexity index is 1080. The van der Waals surface area contributed by atoms with E-state index in [0.29, 0.717) is 0 Å². The molecule has 2 rings (SSSR count). The topological polar surface area (TPSA) is 212 Å². The second-order valence-electron chi connectivity index (χ2n) is 9.25. The minimum absolute atomic E-state index is 0.564. The molecule has 2 saturated heterocycles. The molecular weight excluding hydrogens is 652 g/mol. The van der Waals surface area contributed by atoms with Gasteiger partial charge in [0.25, 0.3) is 0 Å². The Balaban J connectivity index is 2.49. The number of methoxy groups -OCH3 is 1. The highest BCUT2D eigenvalue weighted by Gasteiger charge is 2.56. The summed E-state index contributed by atoms with van der Waals surface area (Å²) in [5.74, 6) is -6.08. The summed E-state index contributed by atoms with van der Waals surface area (Å²) in [6, 6.07) is 0. The van der Waals surface area contributed by atoms with Crippen LogP contribution in [-0.2, 0) is 80.9 Å². The Hall–Kier alpha value is -3.35. The second-order valence-corrected chi connectivity index (χ2v) is 10.2. The maximum Gasteiger partial charge on any atom is 0.339 e. The van der Waals surface area contributed by atoms with Crippen LogP contribution in [0.3, 0.4) is 0 Å². The fourth-order valence-electron chi connectivity index (χ4n) is 4.38. The first-order chi connectivity index (χ1) is 20.0. The van der Waals surface area contributed by atoms with E-state index in [1.54, 1.807) is 0 Å². The zero-order valence-electron chi connectivity index (χ0n) is 24.3. The van der Waals surface area contributed by atoms with Gasteiger partial charge in [-0.15, -0.1) is 0 Å². The molecule has 0 unspecified atom stereocenters. The van der Waals surface area contributed by atoms with E-state index in [-0.39, 0.29) is 0 Å². The van der Waals surface area contributed by atoms with Crippen LogP contribution in [0.25, 0.3) is 0 Å². The van der Waals surface area contributed by atoms with Gasteiger partial charge in [-0.3, -0.25) is 28.8 Å². The normalized spacial score (nSPS) is 31.9. The Morgan fingerprint density at radius 2 is 0.953 bits per heavy atom. The van der Waals surface area contributed by atoms with E-state index in [0.717, 1.165) is 48.7 Å². The Labute approximate surface area is 254 Å². The summed E-state index contributed by atoms with van der Waals surface area (Å²) in [6.45, 7) is 5.79. The monoisotopic (exact) mass is 684 g/mol. The van der Waals surface area contributed by atoms with Gasteiger partial charge in [0, 0.05) is 41.5 Å². The number of rotatable bonds is 10. The Morgan fingerprint density at radius 3 is 1.42 bits per heavy atom. The molecule has 17 nitrogen and oxygen atoms in total. The smallest absolute Gasteiger partial charge is 0.339 e. The summed E-state index contributed by atoms with van der Waals surface area (Å²) >= 11 is 3.21. The average Bonchev–Trinajstić information content (AvgIpc) is 2.87. The fourth-order valence-corrected chi connectivity index (χ4v) is 5.07. The summed E-state index contributed by atoms with van der Waals surface area (Å²) < 4.78 is 53.8. The number of hydrogen-bond donors (Lipinski definition) is 0. The van der Waals surface area contributed by atoms with Gasteiger partial charge in [0.05, 0.1) is 13.7 Å². The third kappa shape index (κ3) is 10.1. The molecule has 0 aromatic rings. The molecular formula is C25H33BrO17.